The van der Waals surface area contributed by atoms with Gasteiger partial charge < -0.3 is 4.74 Å². The van der Waals surface area contributed by atoms with Gasteiger partial charge in [-0.2, -0.15) is 5.10 Å². The first kappa shape index (κ1) is 23.4. The smallest absolute Gasteiger partial charge is 0.261 e. The van der Waals surface area contributed by atoms with E-state index in [2.05, 4.69) is 22.0 Å². The molecule has 0 bridgehead atoms. The summed E-state index contributed by atoms with van der Waals surface area (Å²) < 4.78 is 9.33. The number of nitrogens with zero attached hydrogens (tertiary/aromatic N) is 6. The summed E-state index contributed by atoms with van der Waals surface area (Å²) in [5, 5.41) is 4.32. The lowest BCUT2D eigenvalue weighted by Gasteiger charge is -2.16. The van der Waals surface area contributed by atoms with Gasteiger partial charge in [0.1, 0.15) is 18.2 Å². The molecule has 0 atom stereocenters. The lowest BCUT2D eigenvalue weighted by Crippen LogP contribution is -2.23. The largest absolute Gasteiger partial charge is 0.487 e. The van der Waals surface area contributed by atoms with Crippen molar-refractivity contribution < 1.29 is 4.74 Å². The van der Waals surface area contributed by atoms with Crippen LogP contribution in [0.4, 0.5) is 0 Å². The highest BCUT2D eigenvalue weighted by atomic mass is 16.5. The third-order valence-corrected chi connectivity index (χ3v) is 5.75. The van der Waals surface area contributed by atoms with E-state index < -0.39 is 0 Å². The Morgan fingerprint density at radius 2 is 1.91 bits per heavy atom. The van der Waals surface area contributed by atoms with Gasteiger partial charge in [-0.25, -0.2) is 9.97 Å². The Morgan fingerprint density at radius 3 is 2.65 bits per heavy atom. The molecule has 34 heavy (non-hydrogen) atoms. The summed E-state index contributed by atoms with van der Waals surface area (Å²) in [5.74, 6) is 1.37. The Kier molecular flexibility index (Phi) is 6.86. The van der Waals surface area contributed by atoms with Crippen molar-refractivity contribution >= 4 is 0 Å². The van der Waals surface area contributed by atoms with Crippen LogP contribution in [0, 0.1) is 20.8 Å². The predicted octanol–water partition coefficient (Wildman–Crippen LogP) is 4.27. The number of rotatable bonds is 8. The van der Waals surface area contributed by atoms with Crippen molar-refractivity contribution in [2.45, 2.75) is 53.6 Å². The van der Waals surface area contributed by atoms with E-state index in [9.17, 15) is 4.79 Å². The fourth-order valence-electron chi connectivity index (χ4n) is 3.84. The Balaban J connectivity index is 1.67. The molecule has 0 unspecified atom stereocenters. The minimum absolute atomic E-state index is 0.129. The van der Waals surface area contributed by atoms with E-state index in [-0.39, 0.29) is 5.56 Å². The van der Waals surface area contributed by atoms with Crippen LogP contribution in [0.5, 0.6) is 5.75 Å². The third-order valence-electron chi connectivity index (χ3n) is 5.75. The van der Waals surface area contributed by atoms with Crippen LogP contribution in [0.25, 0.3) is 17.1 Å². The zero-order valence-electron chi connectivity index (χ0n) is 20.4. The van der Waals surface area contributed by atoms with Gasteiger partial charge in [-0.05, 0) is 51.0 Å². The van der Waals surface area contributed by atoms with Gasteiger partial charge in [-0.3, -0.25) is 19.0 Å². The third kappa shape index (κ3) is 4.90. The molecule has 4 aromatic heterocycles. The summed E-state index contributed by atoms with van der Waals surface area (Å²) in [6.45, 7) is 8.10. The average Bonchev–Trinajstić information content (AvgIpc) is 3.25. The first-order valence-corrected chi connectivity index (χ1v) is 11.5. The van der Waals surface area contributed by atoms with Crippen molar-refractivity contribution in [1.29, 1.82) is 0 Å². The maximum Gasteiger partial charge on any atom is 0.261 e. The predicted molar refractivity (Wildman–Crippen MR) is 131 cm³/mol. The number of hydrogen-bond acceptors (Lipinski definition) is 6. The van der Waals surface area contributed by atoms with Crippen LogP contribution in [-0.2, 0) is 20.1 Å². The molecule has 0 aliphatic heterocycles. The quantitative estimate of drug-likeness (QED) is 0.392. The Labute approximate surface area is 199 Å². The van der Waals surface area contributed by atoms with E-state index in [0.717, 1.165) is 59.1 Å². The molecule has 0 aliphatic carbocycles. The molecular weight excluding hydrogens is 428 g/mol. The van der Waals surface area contributed by atoms with Crippen LogP contribution in [0.1, 0.15) is 48.1 Å². The van der Waals surface area contributed by atoms with Gasteiger partial charge in [-0.1, -0.05) is 13.3 Å². The van der Waals surface area contributed by atoms with Gasteiger partial charge in [0.25, 0.3) is 5.56 Å². The van der Waals surface area contributed by atoms with E-state index >= 15 is 0 Å². The maximum atomic E-state index is 13.3. The molecule has 0 spiro atoms. The summed E-state index contributed by atoms with van der Waals surface area (Å²) in [7, 11) is 1.86. The fraction of sp³-hybridized carbons (Fsp3) is 0.346. The van der Waals surface area contributed by atoms with Gasteiger partial charge in [-0.15, -0.1) is 0 Å². The van der Waals surface area contributed by atoms with Crippen LogP contribution < -0.4 is 10.3 Å². The zero-order valence-corrected chi connectivity index (χ0v) is 20.4. The van der Waals surface area contributed by atoms with Crippen molar-refractivity contribution in [1.82, 2.24) is 29.3 Å². The molecule has 176 valence electrons. The molecule has 4 heterocycles. The van der Waals surface area contributed by atoms with E-state index in [1.165, 1.54) is 0 Å². The average molecular weight is 459 g/mol. The molecule has 4 aromatic rings. The van der Waals surface area contributed by atoms with Gasteiger partial charge in [0, 0.05) is 43.8 Å². The SMILES string of the molecule is CCCCc1ncc(C)c(-c2cc(-n3c(C)cc(OCc4ccn(C)n4)c(C)c3=O)ccn2)n1. The lowest BCUT2D eigenvalue weighted by atomic mass is 10.1. The van der Waals surface area contributed by atoms with Gasteiger partial charge in [0.05, 0.1) is 28.3 Å². The highest BCUT2D eigenvalue weighted by Crippen LogP contribution is 2.24. The second-order valence-corrected chi connectivity index (χ2v) is 8.51. The van der Waals surface area contributed by atoms with E-state index in [0.29, 0.717) is 17.9 Å². The number of pyridine rings is 2. The molecule has 8 heteroatoms. The molecule has 8 nitrogen and oxygen atoms in total. The zero-order chi connectivity index (χ0) is 24.2. The summed E-state index contributed by atoms with van der Waals surface area (Å²) >= 11 is 0. The van der Waals surface area contributed by atoms with Crippen molar-refractivity contribution in [2.75, 3.05) is 0 Å². The number of ether oxygens (including phenoxy) is 1. The second-order valence-electron chi connectivity index (χ2n) is 8.51. The molecule has 4 rings (SSSR count). The summed E-state index contributed by atoms with van der Waals surface area (Å²) in [5.41, 5.74) is 5.18. The summed E-state index contributed by atoms with van der Waals surface area (Å²) in [4.78, 5) is 27.1. The van der Waals surface area contributed by atoms with Crippen LogP contribution in [0.15, 0.2) is 47.7 Å². The number of hydrogen-bond donors (Lipinski definition) is 0. The molecule has 0 saturated carbocycles. The number of aromatic nitrogens is 6. The normalized spacial score (nSPS) is 11.1. The summed E-state index contributed by atoms with van der Waals surface area (Å²) in [6, 6.07) is 7.52. The minimum Gasteiger partial charge on any atom is -0.487 e. The molecule has 0 saturated heterocycles. The highest BCUT2D eigenvalue weighted by Gasteiger charge is 2.15. The monoisotopic (exact) mass is 458 g/mol. The van der Waals surface area contributed by atoms with Crippen molar-refractivity contribution in [3.8, 4) is 22.8 Å². The maximum absolute atomic E-state index is 13.3. The molecular formula is C26H30N6O2. The Morgan fingerprint density at radius 1 is 1.09 bits per heavy atom. The van der Waals surface area contributed by atoms with Gasteiger partial charge in [0.15, 0.2) is 0 Å². The topological polar surface area (TPSA) is 87.7 Å². The minimum atomic E-state index is -0.129. The molecule has 0 aliphatic rings. The standard InChI is InChI=1S/C26H30N6O2/c1-6-7-8-24-28-15-17(2)25(29-24)22-14-21(9-11-27-22)32-18(3)13-23(19(4)26(32)33)34-16-20-10-12-31(5)30-20/h9-15H,6-8,16H2,1-5H3. The van der Waals surface area contributed by atoms with E-state index in [4.69, 9.17) is 9.72 Å². The van der Waals surface area contributed by atoms with Gasteiger partial charge >= 0.3 is 0 Å². The molecule has 0 N–H and O–H groups in total. The van der Waals surface area contributed by atoms with Crippen molar-refractivity contribution in [3.63, 3.8) is 0 Å². The van der Waals surface area contributed by atoms with Crippen LogP contribution in [-0.4, -0.2) is 29.3 Å². The first-order valence-electron chi connectivity index (χ1n) is 11.5. The fourth-order valence-corrected chi connectivity index (χ4v) is 3.84. The van der Waals surface area contributed by atoms with Crippen LogP contribution in [0.3, 0.4) is 0 Å². The van der Waals surface area contributed by atoms with Crippen LogP contribution in [0.2, 0.25) is 0 Å². The number of unbranched alkanes of at least 4 members (excludes halogenated alkanes) is 1. The molecule has 0 radical (unpaired) electrons. The number of aryl methyl sites for hydroxylation is 4. The highest BCUT2D eigenvalue weighted by molar-refractivity contribution is 5.61. The Hall–Kier alpha value is -3.81. The van der Waals surface area contributed by atoms with Crippen molar-refractivity contribution in [2.24, 2.45) is 7.05 Å². The summed E-state index contributed by atoms with van der Waals surface area (Å²) in [6.07, 6.45) is 8.38. The molecule has 0 fully saturated rings. The molecule has 0 amide bonds. The first-order chi connectivity index (χ1) is 16.4. The van der Waals surface area contributed by atoms with E-state index in [1.807, 2.05) is 57.6 Å². The Bertz CT molecular complexity index is 1370. The lowest BCUT2D eigenvalue weighted by molar-refractivity contribution is 0.296. The van der Waals surface area contributed by atoms with Crippen molar-refractivity contribution in [3.05, 3.63) is 81.5 Å². The molecule has 0 aromatic carbocycles. The van der Waals surface area contributed by atoms with E-state index in [1.54, 1.807) is 22.4 Å². The second kappa shape index (κ2) is 9.99. The van der Waals surface area contributed by atoms with Gasteiger partial charge in [0.2, 0.25) is 0 Å². The van der Waals surface area contributed by atoms with Crippen LogP contribution >= 0.6 is 0 Å².